The molecule has 1 N–H and O–H groups in total. The molecule has 3 fully saturated rings. The van der Waals surface area contributed by atoms with Gasteiger partial charge in [-0.05, 0) is 24.3 Å². The predicted molar refractivity (Wildman–Crippen MR) is 114 cm³/mol. The number of carbonyl (C=O) groups excluding carboxylic acids is 2. The van der Waals surface area contributed by atoms with Crippen molar-refractivity contribution < 1.29 is 9.59 Å². The monoisotopic (exact) mass is 397 g/mol. The number of nitrogens with one attached hydrogen (secondary N) is 1. The van der Waals surface area contributed by atoms with Crippen LogP contribution in [0.2, 0.25) is 0 Å². The zero-order valence-electron chi connectivity index (χ0n) is 17.7. The molecule has 0 aromatic heterocycles. The molecule has 2 amide bonds. The lowest BCUT2D eigenvalue weighted by Crippen LogP contribution is -2.81. The Labute approximate surface area is 174 Å². The van der Waals surface area contributed by atoms with Crippen LogP contribution in [0.15, 0.2) is 30.3 Å². The van der Waals surface area contributed by atoms with E-state index in [1.807, 2.05) is 23.1 Å². The third kappa shape index (κ3) is 4.20. The Bertz CT molecular complexity index is 708. The minimum atomic E-state index is -0.663. The maximum Gasteiger partial charge on any atom is 0.249 e. The molecule has 158 valence electrons. The Morgan fingerprint density at radius 1 is 1.07 bits per heavy atom. The van der Waals surface area contributed by atoms with Crippen molar-refractivity contribution >= 4 is 11.8 Å². The van der Waals surface area contributed by atoms with E-state index in [4.69, 9.17) is 0 Å². The second-order valence-corrected chi connectivity index (χ2v) is 9.27. The highest BCUT2D eigenvalue weighted by Crippen LogP contribution is 2.35. The van der Waals surface area contributed by atoms with Crippen LogP contribution in [0.1, 0.15) is 63.9 Å². The molecule has 0 unspecified atom stereocenters. The number of piperazine rings is 1. The van der Waals surface area contributed by atoms with Crippen LogP contribution in [0.25, 0.3) is 0 Å². The van der Waals surface area contributed by atoms with Gasteiger partial charge in [-0.15, -0.1) is 0 Å². The van der Waals surface area contributed by atoms with Gasteiger partial charge in [0.2, 0.25) is 11.8 Å². The van der Waals surface area contributed by atoms with Crippen LogP contribution < -0.4 is 5.32 Å². The number of amides is 2. The molecule has 4 rings (SSSR count). The first-order chi connectivity index (χ1) is 14.1. The minimum Gasteiger partial charge on any atom is -0.342 e. The second-order valence-electron chi connectivity index (χ2n) is 9.27. The molecule has 0 bridgehead atoms. The lowest BCUT2D eigenvalue weighted by molar-refractivity contribution is -0.171. The topological polar surface area (TPSA) is 52.7 Å². The maximum atomic E-state index is 13.4. The molecule has 29 heavy (non-hydrogen) atoms. The van der Waals surface area contributed by atoms with Gasteiger partial charge in [0, 0.05) is 26.2 Å². The van der Waals surface area contributed by atoms with Crippen molar-refractivity contribution in [3.05, 3.63) is 35.9 Å². The Hall–Kier alpha value is -1.88. The lowest BCUT2D eigenvalue weighted by Gasteiger charge is -2.57. The third-order valence-electron chi connectivity index (χ3n) is 7.06. The van der Waals surface area contributed by atoms with E-state index in [2.05, 4.69) is 29.3 Å². The number of carbonyl (C=O) groups is 2. The summed E-state index contributed by atoms with van der Waals surface area (Å²) in [5.41, 5.74) is 0.588. The summed E-state index contributed by atoms with van der Waals surface area (Å²) in [5, 5.41) is 3.14. The Kier molecular flexibility index (Phi) is 6.23. The summed E-state index contributed by atoms with van der Waals surface area (Å²) in [6.45, 7) is 4.95. The summed E-state index contributed by atoms with van der Waals surface area (Å²) in [6, 6.07) is 10.0. The molecule has 1 aliphatic carbocycles. The molecule has 5 heteroatoms. The zero-order chi connectivity index (χ0) is 20.3. The first-order valence-corrected chi connectivity index (χ1v) is 11.5. The molecular weight excluding hydrogens is 362 g/mol. The molecule has 1 spiro atoms. The van der Waals surface area contributed by atoms with Crippen LogP contribution in [0, 0.1) is 5.92 Å². The van der Waals surface area contributed by atoms with Crippen LogP contribution in [0.5, 0.6) is 0 Å². The fraction of sp³-hybridized carbons (Fsp3) is 0.667. The van der Waals surface area contributed by atoms with Crippen LogP contribution in [-0.2, 0) is 16.1 Å². The second kappa shape index (κ2) is 8.86. The molecule has 2 saturated heterocycles. The highest BCUT2D eigenvalue weighted by Gasteiger charge is 2.58. The van der Waals surface area contributed by atoms with E-state index in [1.165, 1.54) is 37.7 Å². The van der Waals surface area contributed by atoms with Gasteiger partial charge in [0.1, 0.15) is 11.6 Å². The standard InChI is InChI=1S/C24H35N3O2/c1-2-3-14-27-22(28)21(15-19-10-6-4-7-11-19)25-23(29)24(27)17-26(18-24)16-20-12-8-5-9-13-20/h5,8-9,12-13,19,21H,2-4,6-7,10-11,14-18H2,1H3,(H,25,29)/t21-/m0/s1. The molecular formula is C24H35N3O2. The normalized spacial score (nSPS) is 25.1. The number of benzene rings is 1. The largest absolute Gasteiger partial charge is 0.342 e. The smallest absolute Gasteiger partial charge is 0.249 e. The van der Waals surface area contributed by atoms with Gasteiger partial charge in [0.15, 0.2) is 0 Å². The van der Waals surface area contributed by atoms with Gasteiger partial charge < -0.3 is 10.2 Å². The van der Waals surface area contributed by atoms with E-state index in [0.29, 0.717) is 25.6 Å². The lowest BCUT2D eigenvalue weighted by atomic mass is 9.79. The first kappa shape index (κ1) is 20.4. The quantitative estimate of drug-likeness (QED) is 0.768. The summed E-state index contributed by atoms with van der Waals surface area (Å²) in [5.74, 6) is 0.803. The average molecular weight is 398 g/mol. The van der Waals surface area contributed by atoms with Crippen LogP contribution in [-0.4, -0.2) is 52.8 Å². The number of hydrogen-bond acceptors (Lipinski definition) is 3. The van der Waals surface area contributed by atoms with E-state index in [9.17, 15) is 9.59 Å². The number of rotatable bonds is 7. The number of unbranched alkanes of at least 4 members (excludes halogenated alkanes) is 1. The predicted octanol–water partition coefficient (Wildman–Crippen LogP) is 3.34. The maximum absolute atomic E-state index is 13.4. The van der Waals surface area contributed by atoms with Gasteiger partial charge in [-0.1, -0.05) is 75.8 Å². The van der Waals surface area contributed by atoms with Crippen molar-refractivity contribution in [3.63, 3.8) is 0 Å². The Morgan fingerprint density at radius 3 is 2.48 bits per heavy atom. The highest BCUT2D eigenvalue weighted by molar-refractivity contribution is 6.01. The van der Waals surface area contributed by atoms with E-state index in [0.717, 1.165) is 25.8 Å². The van der Waals surface area contributed by atoms with Crippen molar-refractivity contribution in [3.8, 4) is 0 Å². The molecule has 1 atom stereocenters. The van der Waals surface area contributed by atoms with Crippen molar-refractivity contribution in [2.24, 2.45) is 5.92 Å². The highest BCUT2D eigenvalue weighted by atomic mass is 16.2. The van der Waals surface area contributed by atoms with Crippen LogP contribution in [0.4, 0.5) is 0 Å². The summed E-state index contributed by atoms with van der Waals surface area (Å²) < 4.78 is 0. The fourth-order valence-electron chi connectivity index (χ4n) is 5.39. The molecule has 3 aliphatic rings. The van der Waals surface area contributed by atoms with E-state index in [-0.39, 0.29) is 17.9 Å². The summed E-state index contributed by atoms with van der Waals surface area (Å²) in [6.07, 6.45) is 9.03. The van der Waals surface area contributed by atoms with E-state index >= 15 is 0 Å². The van der Waals surface area contributed by atoms with Gasteiger partial charge in [-0.2, -0.15) is 0 Å². The van der Waals surface area contributed by atoms with Crippen molar-refractivity contribution in [2.75, 3.05) is 19.6 Å². The molecule has 2 aliphatic heterocycles. The van der Waals surface area contributed by atoms with Gasteiger partial charge in [-0.3, -0.25) is 14.5 Å². The summed E-state index contributed by atoms with van der Waals surface area (Å²) in [7, 11) is 0. The zero-order valence-corrected chi connectivity index (χ0v) is 17.7. The van der Waals surface area contributed by atoms with Gasteiger partial charge in [0.25, 0.3) is 0 Å². The molecule has 1 saturated carbocycles. The Morgan fingerprint density at radius 2 is 1.79 bits per heavy atom. The van der Waals surface area contributed by atoms with E-state index < -0.39 is 5.54 Å². The van der Waals surface area contributed by atoms with Crippen LogP contribution in [0.3, 0.4) is 0 Å². The molecule has 1 aromatic carbocycles. The molecule has 5 nitrogen and oxygen atoms in total. The van der Waals surface area contributed by atoms with E-state index in [1.54, 1.807) is 0 Å². The minimum absolute atomic E-state index is 0.0679. The molecule has 1 aromatic rings. The summed E-state index contributed by atoms with van der Waals surface area (Å²) >= 11 is 0. The number of likely N-dealkylation sites (tertiary alicyclic amines) is 1. The molecule has 2 heterocycles. The fourth-order valence-corrected chi connectivity index (χ4v) is 5.39. The van der Waals surface area contributed by atoms with Gasteiger partial charge in [0.05, 0.1) is 0 Å². The SMILES string of the molecule is CCCCN1C(=O)[C@H](CC2CCCCC2)NC(=O)C12CN(Cc1ccccc1)C2. The summed E-state index contributed by atoms with van der Waals surface area (Å²) in [4.78, 5) is 30.9. The average Bonchev–Trinajstić information content (AvgIpc) is 2.71. The third-order valence-corrected chi connectivity index (χ3v) is 7.06. The van der Waals surface area contributed by atoms with Gasteiger partial charge >= 0.3 is 0 Å². The number of hydrogen-bond donors (Lipinski definition) is 1. The van der Waals surface area contributed by atoms with Gasteiger partial charge in [-0.25, -0.2) is 0 Å². The number of nitrogens with zero attached hydrogens (tertiary/aromatic N) is 2. The van der Waals surface area contributed by atoms with Crippen molar-refractivity contribution in [2.45, 2.75) is 76.4 Å². The van der Waals surface area contributed by atoms with Crippen molar-refractivity contribution in [1.82, 2.24) is 15.1 Å². The van der Waals surface area contributed by atoms with Crippen molar-refractivity contribution in [1.29, 1.82) is 0 Å². The molecule has 0 radical (unpaired) electrons. The first-order valence-electron chi connectivity index (χ1n) is 11.5. The van der Waals surface area contributed by atoms with Crippen LogP contribution >= 0.6 is 0 Å². The Balaban J connectivity index is 1.44.